The first-order valence-electron chi connectivity index (χ1n) is 4.60. The van der Waals surface area contributed by atoms with Gasteiger partial charge in [0.05, 0.1) is 0 Å². The van der Waals surface area contributed by atoms with Gasteiger partial charge in [0.15, 0.2) is 0 Å². The number of hydrogen-bond acceptors (Lipinski definition) is 1. The molecule has 0 amide bonds. The Morgan fingerprint density at radius 3 is 3.00 bits per heavy atom. The summed E-state index contributed by atoms with van der Waals surface area (Å²) in [6, 6.07) is 0. The van der Waals surface area contributed by atoms with Gasteiger partial charge in [0.25, 0.3) is 0 Å². The van der Waals surface area contributed by atoms with Gasteiger partial charge >= 0.3 is 0 Å². The Hall–Kier alpha value is -0.480. The molecule has 1 aliphatic heterocycles. The van der Waals surface area contributed by atoms with Crippen molar-refractivity contribution in [3.63, 3.8) is 0 Å². The molecule has 1 heterocycles. The molecule has 1 rings (SSSR count). The summed E-state index contributed by atoms with van der Waals surface area (Å²) in [5.74, 6) is 7.15. The molecule has 62 valence electrons. The van der Waals surface area contributed by atoms with Crippen LogP contribution < -0.4 is 5.32 Å². The number of hydrogen-bond donors (Lipinski definition) is 1. The molecule has 11 heavy (non-hydrogen) atoms. The van der Waals surface area contributed by atoms with Gasteiger partial charge in [-0.3, -0.25) is 0 Å². The van der Waals surface area contributed by atoms with Gasteiger partial charge < -0.3 is 5.32 Å². The molecule has 1 aliphatic rings. The molecule has 1 nitrogen and oxygen atoms in total. The van der Waals surface area contributed by atoms with Crippen LogP contribution in [-0.2, 0) is 0 Å². The van der Waals surface area contributed by atoms with Crippen molar-refractivity contribution in [2.75, 3.05) is 13.1 Å². The second-order valence-electron chi connectivity index (χ2n) is 3.12. The third-order valence-corrected chi connectivity index (χ3v) is 2.09. The van der Waals surface area contributed by atoms with Crippen molar-refractivity contribution in [2.24, 2.45) is 5.92 Å². The van der Waals surface area contributed by atoms with Gasteiger partial charge in [0, 0.05) is 12.8 Å². The molecule has 0 aromatic carbocycles. The highest BCUT2D eigenvalue weighted by molar-refractivity contribution is 4.99. The highest BCUT2D eigenvalue weighted by atomic mass is 14.9. The van der Waals surface area contributed by atoms with E-state index in [1.54, 1.807) is 0 Å². The van der Waals surface area contributed by atoms with E-state index in [2.05, 4.69) is 24.1 Å². The lowest BCUT2D eigenvalue weighted by Gasteiger charge is -2.20. The number of piperidine rings is 1. The van der Waals surface area contributed by atoms with Gasteiger partial charge in [0.1, 0.15) is 0 Å². The topological polar surface area (TPSA) is 12.0 Å². The Bertz CT molecular complexity index is 146. The van der Waals surface area contributed by atoms with E-state index < -0.39 is 0 Å². The summed E-state index contributed by atoms with van der Waals surface area (Å²) >= 11 is 0. The minimum atomic E-state index is 0.822. The third kappa shape index (κ3) is 3.43. The second kappa shape index (κ2) is 5.21. The quantitative estimate of drug-likeness (QED) is 0.563. The first-order chi connectivity index (χ1) is 5.43. The fourth-order valence-corrected chi connectivity index (χ4v) is 1.44. The molecule has 0 aliphatic carbocycles. The van der Waals surface area contributed by atoms with Crippen LogP contribution >= 0.6 is 0 Å². The van der Waals surface area contributed by atoms with E-state index in [0.29, 0.717) is 0 Å². The van der Waals surface area contributed by atoms with E-state index in [0.717, 1.165) is 18.8 Å². The summed E-state index contributed by atoms with van der Waals surface area (Å²) < 4.78 is 0. The third-order valence-electron chi connectivity index (χ3n) is 2.09. The van der Waals surface area contributed by atoms with E-state index in [-0.39, 0.29) is 0 Å². The largest absolute Gasteiger partial charge is 0.316 e. The molecule has 1 fully saturated rings. The molecule has 0 aromatic rings. The molecule has 0 radical (unpaired) electrons. The Morgan fingerprint density at radius 2 is 2.36 bits per heavy atom. The van der Waals surface area contributed by atoms with Gasteiger partial charge in [0.2, 0.25) is 0 Å². The van der Waals surface area contributed by atoms with Crippen molar-refractivity contribution in [3.05, 3.63) is 0 Å². The monoisotopic (exact) mass is 151 g/mol. The maximum atomic E-state index is 3.39. The molecule has 0 aromatic heterocycles. The highest BCUT2D eigenvalue weighted by Crippen LogP contribution is 2.12. The van der Waals surface area contributed by atoms with Crippen LogP contribution in [0.25, 0.3) is 0 Å². The first-order valence-corrected chi connectivity index (χ1v) is 4.60. The number of rotatable bonds is 1. The zero-order valence-corrected chi connectivity index (χ0v) is 7.32. The van der Waals surface area contributed by atoms with Crippen LogP contribution in [0.5, 0.6) is 0 Å². The van der Waals surface area contributed by atoms with Crippen molar-refractivity contribution in [1.82, 2.24) is 5.32 Å². The highest BCUT2D eigenvalue weighted by Gasteiger charge is 2.10. The van der Waals surface area contributed by atoms with Crippen LogP contribution in [0.3, 0.4) is 0 Å². The molecule has 1 unspecified atom stereocenters. The smallest absolute Gasteiger partial charge is 0.0129 e. The fourth-order valence-electron chi connectivity index (χ4n) is 1.44. The average molecular weight is 151 g/mol. The minimum Gasteiger partial charge on any atom is -0.316 e. The Morgan fingerprint density at radius 1 is 1.45 bits per heavy atom. The van der Waals surface area contributed by atoms with Crippen molar-refractivity contribution in [1.29, 1.82) is 0 Å². The van der Waals surface area contributed by atoms with Crippen molar-refractivity contribution in [2.45, 2.75) is 32.6 Å². The summed E-state index contributed by atoms with van der Waals surface area (Å²) in [6.07, 6.45) is 4.80. The standard InChI is InChI=1S/C10H17N/c1-2-3-4-6-10-7-5-8-11-9-10/h10-11H,2,5-9H2,1H3. The summed E-state index contributed by atoms with van der Waals surface area (Å²) in [5.41, 5.74) is 0. The SMILES string of the molecule is CCC#CCC1CCCNC1. The Balaban J connectivity index is 2.14. The fraction of sp³-hybridized carbons (Fsp3) is 0.800. The molecule has 1 saturated heterocycles. The average Bonchev–Trinajstić information content (AvgIpc) is 2.07. The normalized spacial score (nSPS) is 23.9. The molecule has 1 atom stereocenters. The minimum absolute atomic E-state index is 0.822. The van der Waals surface area contributed by atoms with Crippen LogP contribution in [0, 0.1) is 17.8 Å². The lowest BCUT2D eigenvalue weighted by Crippen LogP contribution is -2.29. The Kier molecular flexibility index (Phi) is 4.08. The second-order valence-corrected chi connectivity index (χ2v) is 3.12. The lowest BCUT2D eigenvalue weighted by molar-refractivity contribution is 0.384. The van der Waals surface area contributed by atoms with Crippen molar-refractivity contribution in [3.8, 4) is 11.8 Å². The van der Waals surface area contributed by atoms with Crippen molar-refractivity contribution >= 4 is 0 Å². The van der Waals surface area contributed by atoms with Gasteiger partial charge in [-0.15, -0.1) is 11.8 Å². The molecule has 1 N–H and O–H groups in total. The van der Waals surface area contributed by atoms with Crippen LogP contribution in [-0.4, -0.2) is 13.1 Å². The van der Waals surface area contributed by atoms with Gasteiger partial charge in [-0.1, -0.05) is 6.92 Å². The van der Waals surface area contributed by atoms with Crippen LogP contribution in [0.2, 0.25) is 0 Å². The lowest BCUT2D eigenvalue weighted by atomic mass is 9.97. The molecular formula is C10H17N. The van der Waals surface area contributed by atoms with Crippen molar-refractivity contribution < 1.29 is 0 Å². The molecule has 1 heteroatoms. The van der Waals surface area contributed by atoms with E-state index in [1.165, 1.54) is 25.9 Å². The summed E-state index contributed by atoms with van der Waals surface area (Å²) in [4.78, 5) is 0. The van der Waals surface area contributed by atoms with E-state index in [9.17, 15) is 0 Å². The maximum absolute atomic E-state index is 3.39. The van der Waals surface area contributed by atoms with Crippen LogP contribution in [0.1, 0.15) is 32.6 Å². The zero-order chi connectivity index (χ0) is 7.94. The van der Waals surface area contributed by atoms with Crippen LogP contribution in [0.15, 0.2) is 0 Å². The van der Waals surface area contributed by atoms with Gasteiger partial charge in [-0.2, -0.15) is 0 Å². The summed E-state index contributed by atoms with van der Waals surface area (Å²) in [6.45, 7) is 4.49. The summed E-state index contributed by atoms with van der Waals surface area (Å²) in [7, 11) is 0. The Labute approximate surface area is 69.6 Å². The molecule has 0 spiro atoms. The van der Waals surface area contributed by atoms with Gasteiger partial charge in [-0.05, 0) is 31.8 Å². The van der Waals surface area contributed by atoms with Crippen LogP contribution in [0.4, 0.5) is 0 Å². The predicted molar refractivity (Wildman–Crippen MR) is 48.3 cm³/mol. The molecule has 0 bridgehead atoms. The van der Waals surface area contributed by atoms with E-state index >= 15 is 0 Å². The van der Waals surface area contributed by atoms with Gasteiger partial charge in [-0.25, -0.2) is 0 Å². The number of nitrogens with one attached hydrogen (secondary N) is 1. The van der Waals surface area contributed by atoms with E-state index in [1.807, 2.05) is 0 Å². The zero-order valence-electron chi connectivity index (χ0n) is 7.32. The summed E-state index contributed by atoms with van der Waals surface area (Å²) in [5, 5.41) is 3.39. The molecule has 0 saturated carbocycles. The maximum Gasteiger partial charge on any atom is 0.0129 e. The van der Waals surface area contributed by atoms with E-state index in [4.69, 9.17) is 0 Å². The first kappa shape index (κ1) is 8.62. The molecular weight excluding hydrogens is 134 g/mol. The predicted octanol–water partition coefficient (Wildman–Crippen LogP) is 1.79.